The second-order valence-corrected chi connectivity index (χ2v) is 10.1. The van der Waals surface area contributed by atoms with Crippen molar-refractivity contribution in [3.63, 3.8) is 0 Å². The van der Waals surface area contributed by atoms with Crippen LogP contribution in [-0.4, -0.2) is 35.2 Å². The van der Waals surface area contributed by atoms with Gasteiger partial charge in [0.2, 0.25) is 10.0 Å². The number of pyridine rings is 2. The number of hydrogen-bond acceptors (Lipinski definition) is 5. The monoisotopic (exact) mass is 531 g/mol. The summed E-state index contributed by atoms with van der Waals surface area (Å²) in [6, 6.07) is 9.15. The molecule has 37 heavy (non-hydrogen) atoms. The van der Waals surface area contributed by atoms with E-state index in [9.17, 15) is 31.2 Å². The number of nitrogens with zero attached hydrogens (tertiary/aromatic N) is 4. The Balaban J connectivity index is 1.96. The molecule has 4 aromatic rings. The first-order chi connectivity index (χ1) is 17.4. The molecular formula is C25H21F4N5O2S. The van der Waals surface area contributed by atoms with Crippen LogP contribution < -0.4 is 4.72 Å². The Labute approximate surface area is 210 Å². The van der Waals surface area contributed by atoms with Gasteiger partial charge in [0, 0.05) is 17.8 Å². The van der Waals surface area contributed by atoms with E-state index in [0.717, 1.165) is 6.20 Å². The number of nitrogens with one attached hydrogen (secondary N) is 1. The predicted octanol–water partition coefficient (Wildman–Crippen LogP) is 5.20. The summed E-state index contributed by atoms with van der Waals surface area (Å²) < 4.78 is 82.1. The Bertz CT molecular complexity index is 1640. The highest BCUT2D eigenvalue weighted by molar-refractivity contribution is 7.89. The molecule has 0 spiro atoms. The molecule has 0 bridgehead atoms. The summed E-state index contributed by atoms with van der Waals surface area (Å²) >= 11 is 0. The van der Waals surface area contributed by atoms with Crippen LogP contribution in [0.15, 0.2) is 53.7 Å². The average molecular weight is 532 g/mol. The maximum atomic E-state index is 14.7. The van der Waals surface area contributed by atoms with Gasteiger partial charge in [0.05, 0.1) is 22.5 Å². The predicted molar refractivity (Wildman–Crippen MR) is 129 cm³/mol. The second-order valence-electron chi connectivity index (χ2n) is 8.39. The summed E-state index contributed by atoms with van der Waals surface area (Å²) in [5, 5.41) is 10.4. The van der Waals surface area contributed by atoms with Crippen LogP contribution in [0.25, 0.3) is 28.1 Å². The van der Waals surface area contributed by atoms with Crippen molar-refractivity contribution in [2.75, 3.05) is 0 Å². The highest BCUT2D eigenvalue weighted by Gasteiger charge is 2.39. The fraction of sp³-hybridized carbons (Fsp3) is 0.240. The first-order valence-corrected chi connectivity index (χ1v) is 12.6. The van der Waals surface area contributed by atoms with Gasteiger partial charge in [-0.3, -0.25) is 9.55 Å². The van der Waals surface area contributed by atoms with Gasteiger partial charge in [-0.15, -0.1) is 0 Å². The van der Waals surface area contributed by atoms with Gasteiger partial charge in [-0.2, -0.15) is 23.2 Å². The zero-order chi connectivity index (χ0) is 27.1. The topological polar surface area (TPSA) is 101 Å². The molecule has 0 aliphatic carbocycles. The highest BCUT2D eigenvalue weighted by atomic mass is 32.2. The molecule has 3 aromatic heterocycles. The minimum absolute atomic E-state index is 0.0912. The number of fused-ring (bicyclic) bond motifs is 1. The van der Waals surface area contributed by atoms with Crippen molar-refractivity contribution in [1.29, 1.82) is 5.26 Å². The maximum Gasteiger partial charge on any atom is 0.404 e. The number of alkyl halides is 3. The normalized spacial score (nSPS) is 13.0. The number of aryl methyl sites for hydroxylation is 2. The fourth-order valence-corrected chi connectivity index (χ4v) is 5.42. The van der Waals surface area contributed by atoms with Crippen molar-refractivity contribution in [2.45, 2.75) is 44.3 Å². The van der Waals surface area contributed by atoms with Crippen molar-refractivity contribution in [3.05, 3.63) is 71.3 Å². The second kappa shape index (κ2) is 9.57. The van der Waals surface area contributed by atoms with Gasteiger partial charge >= 0.3 is 6.18 Å². The lowest BCUT2D eigenvalue weighted by Gasteiger charge is -2.18. The Morgan fingerprint density at radius 2 is 1.92 bits per heavy atom. The third-order valence-electron chi connectivity index (χ3n) is 5.92. The molecule has 0 saturated heterocycles. The van der Waals surface area contributed by atoms with Gasteiger partial charge < -0.3 is 0 Å². The van der Waals surface area contributed by atoms with Crippen LogP contribution in [0.1, 0.15) is 30.5 Å². The number of aromatic nitrogens is 3. The molecule has 1 aromatic carbocycles. The Kier molecular flexibility index (Phi) is 6.79. The van der Waals surface area contributed by atoms with Crippen molar-refractivity contribution in [1.82, 2.24) is 19.3 Å². The molecule has 0 radical (unpaired) electrons. The molecule has 3 heterocycles. The van der Waals surface area contributed by atoms with Crippen LogP contribution >= 0.6 is 0 Å². The third kappa shape index (κ3) is 4.80. The molecule has 12 heteroatoms. The lowest BCUT2D eigenvalue weighted by molar-refractivity contribution is -0.147. The minimum atomic E-state index is -4.77. The van der Waals surface area contributed by atoms with Crippen LogP contribution in [-0.2, 0) is 16.4 Å². The average Bonchev–Trinajstić information content (AvgIpc) is 3.15. The van der Waals surface area contributed by atoms with Crippen LogP contribution in [0.2, 0.25) is 0 Å². The maximum absolute atomic E-state index is 14.7. The summed E-state index contributed by atoms with van der Waals surface area (Å²) in [6.07, 6.45) is -1.88. The van der Waals surface area contributed by atoms with Gasteiger partial charge in [0.1, 0.15) is 28.6 Å². The van der Waals surface area contributed by atoms with Gasteiger partial charge in [0.25, 0.3) is 0 Å². The van der Waals surface area contributed by atoms with E-state index in [0.29, 0.717) is 35.6 Å². The quantitative estimate of drug-likeness (QED) is 0.345. The van der Waals surface area contributed by atoms with E-state index in [1.54, 1.807) is 46.7 Å². The smallest absolute Gasteiger partial charge is 0.291 e. The Morgan fingerprint density at radius 1 is 1.19 bits per heavy atom. The highest BCUT2D eigenvalue weighted by Crippen LogP contribution is 2.37. The zero-order valence-electron chi connectivity index (χ0n) is 19.9. The van der Waals surface area contributed by atoms with Crippen LogP contribution in [0.3, 0.4) is 0 Å². The van der Waals surface area contributed by atoms with E-state index in [1.165, 1.54) is 19.1 Å². The van der Waals surface area contributed by atoms with E-state index in [2.05, 4.69) is 16.0 Å². The van der Waals surface area contributed by atoms with Crippen molar-refractivity contribution >= 4 is 20.9 Å². The number of benzene rings is 1. The van der Waals surface area contributed by atoms with Crippen LogP contribution in [0.4, 0.5) is 17.6 Å². The lowest BCUT2D eigenvalue weighted by atomic mass is 10.1. The van der Waals surface area contributed by atoms with Crippen LogP contribution in [0.5, 0.6) is 0 Å². The fourth-order valence-electron chi connectivity index (χ4n) is 4.02. The number of halogens is 4. The van der Waals surface area contributed by atoms with E-state index < -0.39 is 33.0 Å². The van der Waals surface area contributed by atoms with Gasteiger partial charge in [0.15, 0.2) is 0 Å². The number of nitriles is 1. The summed E-state index contributed by atoms with van der Waals surface area (Å²) in [7, 11) is -4.56. The summed E-state index contributed by atoms with van der Waals surface area (Å²) in [4.78, 5) is 8.13. The van der Waals surface area contributed by atoms with Crippen molar-refractivity contribution in [3.8, 4) is 23.3 Å². The molecule has 1 N–H and O–H groups in total. The van der Waals surface area contributed by atoms with Crippen molar-refractivity contribution in [2.24, 2.45) is 0 Å². The molecule has 0 saturated carbocycles. The number of hydrogen-bond donors (Lipinski definition) is 1. The van der Waals surface area contributed by atoms with Gasteiger partial charge in [-0.1, -0.05) is 13.0 Å². The molecule has 0 aliphatic heterocycles. The van der Waals surface area contributed by atoms with E-state index in [4.69, 9.17) is 0 Å². The first kappa shape index (κ1) is 26.2. The lowest BCUT2D eigenvalue weighted by Crippen LogP contribution is -2.43. The molecular weight excluding hydrogens is 510 g/mol. The molecule has 1 atom stereocenters. The molecule has 0 unspecified atom stereocenters. The van der Waals surface area contributed by atoms with E-state index in [-0.39, 0.29) is 22.5 Å². The summed E-state index contributed by atoms with van der Waals surface area (Å²) in [5.41, 5.74) is 1.53. The van der Waals surface area contributed by atoms with Crippen molar-refractivity contribution < 1.29 is 26.0 Å². The van der Waals surface area contributed by atoms with E-state index in [1.807, 2.05) is 0 Å². The molecule has 0 fully saturated rings. The Hall–Kier alpha value is -3.82. The SMILES string of the molecule is CCc1cc2c(cc1F)c(C#N)c(-c1cc(C)c(S(=O)(=O)N[C@H](C)C(F)(F)F)cn1)n2-c1ccccn1. The number of rotatable bonds is 6. The summed E-state index contributed by atoms with van der Waals surface area (Å²) in [5.74, 6) is -0.0684. The van der Waals surface area contributed by atoms with Gasteiger partial charge in [-0.05, 0) is 61.7 Å². The minimum Gasteiger partial charge on any atom is -0.291 e. The van der Waals surface area contributed by atoms with Crippen LogP contribution in [0, 0.1) is 24.1 Å². The molecule has 7 nitrogen and oxygen atoms in total. The third-order valence-corrected chi connectivity index (χ3v) is 7.59. The summed E-state index contributed by atoms with van der Waals surface area (Å²) in [6.45, 7) is 3.90. The first-order valence-electron chi connectivity index (χ1n) is 11.1. The molecule has 192 valence electrons. The standard InChI is InChI=1S/C25H21F4N5O2S/c1-4-16-10-21-17(11-19(16)26)18(12-30)24(34(21)23-7-5-6-8-31-23)20-9-14(2)22(13-32-20)37(35,36)33-15(3)25(27,28)29/h5-11,13,15,33H,4H2,1-3H3/t15-/m1/s1. The molecule has 0 amide bonds. The number of sulfonamides is 1. The molecule has 4 rings (SSSR count). The van der Waals surface area contributed by atoms with E-state index >= 15 is 0 Å². The largest absolute Gasteiger partial charge is 0.404 e. The zero-order valence-corrected chi connectivity index (χ0v) is 20.7. The molecule has 0 aliphatic rings. The van der Waals surface area contributed by atoms with Gasteiger partial charge in [-0.25, -0.2) is 17.8 Å². The Morgan fingerprint density at radius 3 is 2.49 bits per heavy atom.